The summed E-state index contributed by atoms with van der Waals surface area (Å²) in [6.45, 7) is 3.08. The van der Waals surface area contributed by atoms with Gasteiger partial charge in [-0.05, 0) is 18.6 Å². The maximum absolute atomic E-state index is 13.4. The number of anilines is 1. The average Bonchev–Trinajstić information content (AvgIpc) is 2.28. The van der Waals surface area contributed by atoms with Crippen molar-refractivity contribution in [2.45, 2.75) is 13.3 Å². The Labute approximate surface area is 95.1 Å². The minimum absolute atomic E-state index is 0.0752. The van der Waals surface area contributed by atoms with E-state index in [0.29, 0.717) is 25.1 Å². The zero-order valence-corrected chi connectivity index (χ0v) is 9.24. The van der Waals surface area contributed by atoms with E-state index in [-0.39, 0.29) is 5.56 Å². The molecule has 0 aliphatic heterocycles. The number of carbonyl (C=O) groups is 1. The number of rotatable bonds is 5. The monoisotopic (exact) mass is 219 g/mol. The summed E-state index contributed by atoms with van der Waals surface area (Å²) in [6.07, 6.45) is 6.67. The van der Waals surface area contributed by atoms with E-state index >= 15 is 0 Å². The van der Waals surface area contributed by atoms with Crippen molar-refractivity contribution in [3.63, 3.8) is 0 Å². The Hall–Kier alpha value is -1.82. The lowest BCUT2D eigenvalue weighted by Gasteiger charge is -2.23. The molecule has 0 spiro atoms. The first-order chi connectivity index (χ1) is 7.74. The Bertz CT molecular complexity index is 409. The van der Waals surface area contributed by atoms with E-state index in [1.165, 1.54) is 6.07 Å². The number of hydrogen-bond donors (Lipinski definition) is 0. The first-order valence-corrected chi connectivity index (χ1v) is 5.16. The summed E-state index contributed by atoms with van der Waals surface area (Å²) >= 11 is 0. The molecule has 0 N–H and O–H groups in total. The van der Waals surface area contributed by atoms with Gasteiger partial charge in [0.1, 0.15) is 5.82 Å². The molecule has 0 aliphatic carbocycles. The Morgan fingerprint density at radius 2 is 2.31 bits per heavy atom. The third-order valence-electron chi connectivity index (χ3n) is 2.26. The molecule has 0 saturated carbocycles. The highest BCUT2D eigenvalue weighted by molar-refractivity contribution is 5.85. The molecule has 16 heavy (non-hydrogen) atoms. The molecule has 1 aromatic rings. The van der Waals surface area contributed by atoms with Crippen LogP contribution in [0.5, 0.6) is 0 Å². The van der Waals surface area contributed by atoms with E-state index in [0.717, 1.165) is 6.42 Å². The van der Waals surface area contributed by atoms with Crippen LogP contribution in [-0.2, 0) is 0 Å². The fourth-order valence-corrected chi connectivity index (χ4v) is 1.58. The van der Waals surface area contributed by atoms with Crippen LogP contribution in [0.25, 0.3) is 0 Å². The molecule has 3 heteroatoms. The van der Waals surface area contributed by atoms with Crippen LogP contribution < -0.4 is 4.90 Å². The van der Waals surface area contributed by atoms with E-state index in [9.17, 15) is 9.18 Å². The zero-order chi connectivity index (χ0) is 12.0. The van der Waals surface area contributed by atoms with Gasteiger partial charge in [0.05, 0.1) is 17.8 Å². The summed E-state index contributed by atoms with van der Waals surface area (Å²) in [5.74, 6) is 2.00. The molecular weight excluding hydrogens is 205 g/mol. The molecule has 0 saturated heterocycles. The number of benzene rings is 1. The number of aldehydes is 1. The predicted octanol–water partition coefficient (Wildman–Crippen LogP) is 2.49. The third-order valence-corrected chi connectivity index (χ3v) is 2.26. The van der Waals surface area contributed by atoms with Gasteiger partial charge in [-0.15, -0.1) is 6.42 Å². The molecule has 0 bridgehead atoms. The van der Waals surface area contributed by atoms with Crippen LogP contribution in [0, 0.1) is 18.2 Å². The topological polar surface area (TPSA) is 20.3 Å². The van der Waals surface area contributed by atoms with Gasteiger partial charge in [0, 0.05) is 6.54 Å². The second kappa shape index (κ2) is 5.92. The molecule has 0 aromatic heterocycles. The highest BCUT2D eigenvalue weighted by Gasteiger charge is 2.12. The first-order valence-electron chi connectivity index (χ1n) is 5.16. The zero-order valence-electron chi connectivity index (χ0n) is 9.24. The van der Waals surface area contributed by atoms with E-state index in [4.69, 9.17) is 6.42 Å². The van der Waals surface area contributed by atoms with Gasteiger partial charge in [0.2, 0.25) is 0 Å². The molecule has 2 nitrogen and oxygen atoms in total. The largest absolute Gasteiger partial charge is 0.360 e. The Kier molecular flexibility index (Phi) is 4.53. The highest BCUT2D eigenvalue weighted by Crippen LogP contribution is 2.21. The van der Waals surface area contributed by atoms with Gasteiger partial charge in [-0.25, -0.2) is 4.39 Å². The second-order valence-corrected chi connectivity index (χ2v) is 3.42. The van der Waals surface area contributed by atoms with Crippen LogP contribution >= 0.6 is 0 Å². The predicted molar refractivity (Wildman–Crippen MR) is 63.1 cm³/mol. The highest BCUT2D eigenvalue weighted by atomic mass is 19.1. The van der Waals surface area contributed by atoms with Gasteiger partial charge in [0.15, 0.2) is 6.29 Å². The smallest absolute Gasteiger partial charge is 0.155 e. The summed E-state index contributed by atoms with van der Waals surface area (Å²) in [7, 11) is 0. The normalized spacial score (nSPS) is 9.56. The lowest BCUT2D eigenvalue weighted by atomic mass is 10.1. The quantitative estimate of drug-likeness (QED) is 0.560. The Balaban J connectivity index is 3.13. The maximum Gasteiger partial charge on any atom is 0.155 e. The number of terminal acetylenes is 1. The summed E-state index contributed by atoms with van der Waals surface area (Å²) < 4.78 is 13.4. The van der Waals surface area contributed by atoms with Gasteiger partial charge in [0.25, 0.3) is 0 Å². The third kappa shape index (κ3) is 2.60. The van der Waals surface area contributed by atoms with Crippen molar-refractivity contribution in [3.8, 4) is 12.3 Å². The second-order valence-electron chi connectivity index (χ2n) is 3.42. The van der Waals surface area contributed by atoms with Crippen LogP contribution in [0.3, 0.4) is 0 Å². The molecule has 0 unspecified atom stereocenters. The summed E-state index contributed by atoms with van der Waals surface area (Å²) in [5, 5.41) is 0. The van der Waals surface area contributed by atoms with Crippen molar-refractivity contribution in [1.29, 1.82) is 0 Å². The minimum Gasteiger partial charge on any atom is -0.360 e. The maximum atomic E-state index is 13.4. The Morgan fingerprint density at radius 3 is 2.88 bits per heavy atom. The number of hydrogen-bond acceptors (Lipinski definition) is 2. The molecule has 0 aliphatic rings. The standard InChI is InChI=1S/C13H14FNO/c1-3-8-15(9-4-2)13-7-5-6-12(14)11(13)10-16/h1,5-7,10H,4,8-9H2,2H3. The average molecular weight is 219 g/mol. The van der Waals surface area contributed by atoms with Crippen LogP contribution in [-0.4, -0.2) is 19.4 Å². The lowest BCUT2D eigenvalue weighted by Crippen LogP contribution is -2.25. The van der Waals surface area contributed by atoms with Gasteiger partial charge >= 0.3 is 0 Å². The number of halogens is 1. The van der Waals surface area contributed by atoms with Gasteiger partial charge in [-0.1, -0.05) is 18.9 Å². The molecule has 0 amide bonds. The van der Waals surface area contributed by atoms with Crippen molar-refractivity contribution in [2.24, 2.45) is 0 Å². The fourth-order valence-electron chi connectivity index (χ4n) is 1.58. The van der Waals surface area contributed by atoms with Crippen LogP contribution in [0.1, 0.15) is 23.7 Å². The van der Waals surface area contributed by atoms with Gasteiger partial charge < -0.3 is 4.90 Å². The van der Waals surface area contributed by atoms with Crippen LogP contribution in [0.2, 0.25) is 0 Å². The lowest BCUT2D eigenvalue weighted by molar-refractivity contribution is 0.112. The SMILES string of the molecule is C#CCN(CCC)c1cccc(F)c1C=O. The minimum atomic E-state index is -0.509. The molecular formula is C13H14FNO. The fraction of sp³-hybridized carbons (Fsp3) is 0.308. The van der Waals surface area contributed by atoms with E-state index < -0.39 is 5.82 Å². The van der Waals surface area contributed by atoms with Crippen molar-refractivity contribution >= 4 is 12.0 Å². The van der Waals surface area contributed by atoms with E-state index in [1.807, 2.05) is 11.8 Å². The molecule has 1 aromatic carbocycles. The summed E-state index contributed by atoms with van der Waals surface area (Å²) in [4.78, 5) is 12.7. The Morgan fingerprint density at radius 1 is 1.56 bits per heavy atom. The van der Waals surface area contributed by atoms with E-state index in [2.05, 4.69) is 5.92 Å². The molecule has 0 fully saturated rings. The molecule has 0 atom stereocenters. The molecule has 84 valence electrons. The molecule has 0 radical (unpaired) electrons. The number of carbonyl (C=O) groups excluding carboxylic acids is 1. The molecule has 1 rings (SSSR count). The summed E-state index contributed by atoms with van der Waals surface area (Å²) in [5.41, 5.74) is 0.640. The van der Waals surface area contributed by atoms with Crippen molar-refractivity contribution < 1.29 is 9.18 Å². The van der Waals surface area contributed by atoms with Crippen LogP contribution in [0.15, 0.2) is 18.2 Å². The summed E-state index contributed by atoms with van der Waals surface area (Å²) in [6, 6.07) is 4.56. The van der Waals surface area contributed by atoms with E-state index in [1.54, 1.807) is 12.1 Å². The van der Waals surface area contributed by atoms with Crippen molar-refractivity contribution in [1.82, 2.24) is 0 Å². The van der Waals surface area contributed by atoms with Crippen molar-refractivity contribution in [2.75, 3.05) is 18.0 Å². The van der Waals surface area contributed by atoms with Crippen LogP contribution in [0.4, 0.5) is 10.1 Å². The molecule has 0 heterocycles. The van der Waals surface area contributed by atoms with Crippen molar-refractivity contribution in [3.05, 3.63) is 29.6 Å². The van der Waals surface area contributed by atoms with Gasteiger partial charge in [-0.2, -0.15) is 0 Å². The first kappa shape index (κ1) is 12.3. The number of nitrogens with zero attached hydrogens (tertiary/aromatic N) is 1. The van der Waals surface area contributed by atoms with Gasteiger partial charge in [-0.3, -0.25) is 4.79 Å².